The molecule has 19 nitrogen and oxygen atoms in total. The minimum atomic E-state index is -1.01. The maximum Gasteiger partial charge on any atom is 0.308 e. The first-order valence-corrected chi connectivity index (χ1v) is 30.8. The lowest BCUT2D eigenvalue weighted by molar-refractivity contribution is -0.164. The number of ether oxygens (including phenoxy) is 13. The van der Waals surface area contributed by atoms with Crippen molar-refractivity contribution in [1.29, 1.82) is 0 Å². The molecule has 0 heterocycles. The van der Waals surface area contributed by atoms with Crippen molar-refractivity contribution in [2.75, 3.05) is 172 Å². The Labute approximate surface area is 476 Å². The molecule has 462 valence electrons. The summed E-state index contributed by atoms with van der Waals surface area (Å²) in [5.41, 5.74) is 6.11. The van der Waals surface area contributed by atoms with Gasteiger partial charge in [0.15, 0.2) is 0 Å². The molecule has 0 aliphatic heterocycles. The second-order valence-corrected chi connectivity index (χ2v) is 23.2. The van der Waals surface area contributed by atoms with E-state index in [2.05, 4.69) is 45.3 Å². The zero-order chi connectivity index (χ0) is 56.8. The van der Waals surface area contributed by atoms with Crippen molar-refractivity contribution in [3.63, 3.8) is 0 Å². The number of fused-ring (bicyclic) bond motifs is 5. The lowest BCUT2D eigenvalue weighted by atomic mass is 9.44. The van der Waals surface area contributed by atoms with Gasteiger partial charge in [-0.15, -0.1) is 0 Å². The summed E-state index contributed by atoms with van der Waals surface area (Å²) in [4.78, 5) is 39.4. The molecule has 0 bridgehead atoms. The smallest absolute Gasteiger partial charge is 0.308 e. The van der Waals surface area contributed by atoms with E-state index < -0.39 is 17.9 Å². The van der Waals surface area contributed by atoms with Crippen molar-refractivity contribution in [3.05, 3.63) is 0 Å². The van der Waals surface area contributed by atoms with Crippen LogP contribution in [0.15, 0.2) is 0 Å². The van der Waals surface area contributed by atoms with Crippen LogP contribution < -0.4 is 16.4 Å². The van der Waals surface area contributed by atoms with E-state index in [4.69, 9.17) is 67.3 Å². The highest BCUT2D eigenvalue weighted by molar-refractivity contribution is 5.91. The minimum Gasteiger partial charge on any atom is -0.462 e. The van der Waals surface area contributed by atoms with E-state index in [0.717, 1.165) is 54.8 Å². The third-order valence-electron chi connectivity index (χ3n) is 17.3. The van der Waals surface area contributed by atoms with Crippen LogP contribution in [0.25, 0.3) is 0 Å². The molecule has 0 aromatic heterocycles. The van der Waals surface area contributed by atoms with Gasteiger partial charge in [0, 0.05) is 19.5 Å². The normalized spacial score (nSPS) is 25.4. The summed E-state index contributed by atoms with van der Waals surface area (Å²) in [6, 6.07) is -1.01. The molecule has 79 heavy (non-hydrogen) atoms. The molecule has 2 amide bonds. The first-order valence-electron chi connectivity index (χ1n) is 30.8. The fourth-order valence-electron chi connectivity index (χ4n) is 13.3. The number of carbonyl (C=O) groups excluding carboxylic acids is 3. The van der Waals surface area contributed by atoms with Crippen molar-refractivity contribution in [2.45, 2.75) is 144 Å². The molecule has 0 saturated heterocycles. The van der Waals surface area contributed by atoms with Crippen LogP contribution in [-0.2, 0) is 76.0 Å². The summed E-state index contributed by atoms with van der Waals surface area (Å²) < 4.78 is 72.0. The Morgan fingerprint density at radius 1 is 0.532 bits per heavy atom. The molecule has 10 atom stereocenters. The number of amides is 2. The van der Waals surface area contributed by atoms with Gasteiger partial charge in [-0.2, -0.15) is 0 Å². The Balaban J connectivity index is 0.911. The van der Waals surface area contributed by atoms with Crippen LogP contribution >= 0.6 is 0 Å². The summed E-state index contributed by atoms with van der Waals surface area (Å²) in [5, 5.41) is 5.52. The van der Waals surface area contributed by atoms with E-state index >= 15 is 0 Å². The number of carbonyl (C=O) groups is 3. The van der Waals surface area contributed by atoms with Gasteiger partial charge in [-0.1, -0.05) is 53.9 Å². The number of likely N-dealkylation sites (N-methyl/N-ethyl adjacent to an activating group) is 1. The highest BCUT2D eigenvalue weighted by Gasteiger charge is 2.60. The molecule has 4 N–H and O–H groups in total. The molecule has 0 radical (unpaired) electrons. The van der Waals surface area contributed by atoms with Crippen molar-refractivity contribution < 1.29 is 76.0 Å². The molecule has 19 heteroatoms. The summed E-state index contributed by atoms with van der Waals surface area (Å²) in [6.07, 6.45) is 14.6. The average Bonchev–Trinajstić information content (AvgIpc) is 3.93. The zero-order valence-electron chi connectivity index (χ0n) is 50.1. The number of nitrogens with one attached hydrogen (secondary N) is 2. The molecular weight excluding hydrogens is 1020 g/mol. The third-order valence-corrected chi connectivity index (χ3v) is 17.3. The highest BCUT2D eigenvalue weighted by Crippen LogP contribution is 2.68. The SMILES string of the molecule is CCNC(=O)[C@H](CC(=O)O[C@H]1CC[C@@]2(C)[C@@H](CC[C@@H]3[C@@H]2CC[C@]2(C)[C@@H]([C@H](C)CCCC(C)C)CC[C@@H]32)C1)NC(=O)CCOCCOCCOCCOCCOCCOCCOCCOCCOCCOCCOCCOCCN. The molecule has 4 rings (SSSR count). The van der Waals surface area contributed by atoms with Gasteiger partial charge >= 0.3 is 5.97 Å². The van der Waals surface area contributed by atoms with Gasteiger partial charge in [0.2, 0.25) is 11.8 Å². The van der Waals surface area contributed by atoms with E-state index in [0.29, 0.717) is 176 Å². The minimum absolute atomic E-state index is 0.0474. The van der Waals surface area contributed by atoms with E-state index in [-0.39, 0.29) is 36.9 Å². The van der Waals surface area contributed by atoms with Crippen LogP contribution in [0.3, 0.4) is 0 Å². The van der Waals surface area contributed by atoms with E-state index in [9.17, 15) is 14.4 Å². The molecule has 4 saturated carbocycles. The zero-order valence-corrected chi connectivity index (χ0v) is 50.1. The predicted octanol–water partition coefficient (Wildman–Crippen LogP) is 6.58. The van der Waals surface area contributed by atoms with E-state index in [1.165, 1.54) is 57.8 Å². The van der Waals surface area contributed by atoms with Gasteiger partial charge in [0.25, 0.3) is 0 Å². The Bertz CT molecular complexity index is 1590. The van der Waals surface area contributed by atoms with Crippen LogP contribution in [0.1, 0.15) is 131 Å². The first kappa shape index (κ1) is 69.4. The molecule has 4 aliphatic rings. The molecular formula is C60H111N3O16. The first-order chi connectivity index (χ1) is 38.4. The van der Waals surface area contributed by atoms with Gasteiger partial charge in [0.05, 0.1) is 165 Å². The Hall–Kier alpha value is -2.11. The third kappa shape index (κ3) is 27.0. The molecule has 4 aliphatic carbocycles. The summed E-state index contributed by atoms with van der Waals surface area (Å²) in [5.74, 6) is 4.22. The van der Waals surface area contributed by atoms with Crippen molar-refractivity contribution in [3.8, 4) is 0 Å². The number of nitrogens with two attached hydrogens (primary N) is 1. The number of rotatable bonds is 49. The van der Waals surface area contributed by atoms with Crippen molar-refractivity contribution in [1.82, 2.24) is 10.6 Å². The summed E-state index contributed by atoms with van der Waals surface area (Å²) in [6.45, 7) is 26.1. The van der Waals surface area contributed by atoms with Crippen LogP contribution in [0.4, 0.5) is 0 Å². The fraction of sp³-hybridized carbons (Fsp3) is 0.950. The second kappa shape index (κ2) is 41.8. The Kier molecular flexibility index (Phi) is 36.7. The van der Waals surface area contributed by atoms with Crippen molar-refractivity contribution >= 4 is 17.8 Å². The van der Waals surface area contributed by atoms with Crippen LogP contribution in [0, 0.1) is 52.3 Å². The molecule has 0 spiro atoms. The fourth-order valence-corrected chi connectivity index (χ4v) is 13.3. The Morgan fingerprint density at radius 2 is 0.975 bits per heavy atom. The summed E-state index contributed by atoms with van der Waals surface area (Å²) in [7, 11) is 0. The molecule has 0 aromatic carbocycles. The van der Waals surface area contributed by atoms with Crippen LogP contribution in [0.5, 0.6) is 0 Å². The van der Waals surface area contributed by atoms with Crippen molar-refractivity contribution in [2.24, 2.45) is 58.0 Å². The van der Waals surface area contributed by atoms with Gasteiger partial charge in [-0.3, -0.25) is 14.4 Å². The van der Waals surface area contributed by atoms with Crippen LogP contribution in [0.2, 0.25) is 0 Å². The second-order valence-electron chi connectivity index (χ2n) is 23.2. The lowest BCUT2D eigenvalue weighted by Crippen LogP contribution is -2.54. The maximum absolute atomic E-state index is 13.4. The van der Waals surface area contributed by atoms with E-state index in [1.54, 1.807) is 0 Å². The lowest BCUT2D eigenvalue weighted by Gasteiger charge is -2.61. The van der Waals surface area contributed by atoms with Gasteiger partial charge in [0.1, 0.15) is 12.1 Å². The topological polar surface area (TPSA) is 221 Å². The monoisotopic (exact) mass is 1130 g/mol. The van der Waals surface area contributed by atoms with Gasteiger partial charge < -0.3 is 77.9 Å². The molecule has 0 unspecified atom stereocenters. The maximum atomic E-state index is 13.4. The average molecular weight is 1130 g/mol. The standard InChI is InChI=1S/C60H111N3O16/c1-7-62-58(66)55(46-57(65)79-50-15-18-59(5)49(45-50)11-12-51-53-14-13-52(48(4)10-8-9-47(2)3)60(53,6)19-16-54(51)59)63-56(64)17-21-67-23-25-69-27-29-71-31-33-73-35-37-75-39-41-77-43-44-78-42-40-76-38-36-74-34-32-72-30-28-70-26-24-68-22-20-61/h47-55H,7-46,61H2,1-6H3,(H,62,66)(H,63,64)/t48-,49+,50+,51+,52-,53+,54+,55+,59+,60-/m1/s1. The largest absolute Gasteiger partial charge is 0.462 e. The van der Waals surface area contributed by atoms with Gasteiger partial charge in [-0.25, -0.2) is 0 Å². The number of hydrogen-bond donors (Lipinski definition) is 3. The van der Waals surface area contributed by atoms with Gasteiger partial charge in [-0.05, 0) is 117 Å². The Morgan fingerprint density at radius 3 is 1.43 bits per heavy atom. The highest BCUT2D eigenvalue weighted by atomic mass is 16.6. The predicted molar refractivity (Wildman–Crippen MR) is 302 cm³/mol. The van der Waals surface area contributed by atoms with E-state index in [1.807, 2.05) is 6.92 Å². The number of hydrogen-bond acceptors (Lipinski definition) is 17. The molecule has 4 fully saturated rings. The summed E-state index contributed by atoms with van der Waals surface area (Å²) >= 11 is 0. The molecule has 0 aromatic rings. The quantitative estimate of drug-likeness (QED) is 0.0433. The van der Waals surface area contributed by atoms with Crippen LogP contribution in [-0.4, -0.2) is 202 Å². The number of esters is 1.